The van der Waals surface area contributed by atoms with Gasteiger partial charge in [0.25, 0.3) is 0 Å². The maximum absolute atomic E-state index is 13.0. The number of carboxylic acid groups (broad SMARTS) is 1. The fourth-order valence-electron chi connectivity index (χ4n) is 3.02. The Kier molecular flexibility index (Phi) is 4.89. The standard InChI is InChI=1S/C17H17FN2O3S/c18-11-7-5-10(6-8-11)14-9-24-17(19-14)20-15(21)12-3-1-2-4-13(12)16(22)23/h5-9,12-13H,1-4H2,(H,22,23)(H,19,20,21)/t12-,13+/m0/s1. The predicted molar refractivity (Wildman–Crippen MR) is 89.2 cm³/mol. The lowest BCUT2D eigenvalue weighted by Crippen LogP contribution is -2.36. The minimum absolute atomic E-state index is 0.290. The molecule has 0 aliphatic heterocycles. The molecular weight excluding hydrogens is 331 g/mol. The zero-order chi connectivity index (χ0) is 17.1. The highest BCUT2D eigenvalue weighted by molar-refractivity contribution is 7.14. The van der Waals surface area contributed by atoms with Crippen LogP contribution in [0.2, 0.25) is 0 Å². The van der Waals surface area contributed by atoms with Gasteiger partial charge in [0.1, 0.15) is 5.82 Å². The number of aliphatic carboxylic acids is 1. The molecule has 1 aliphatic rings. The Hall–Kier alpha value is -2.28. The summed E-state index contributed by atoms with van der Waals surface area (Å²) in [5, 5.41) is 14.2. The van der Waals surface area contributed by atoms with Crippen LogP contribution in [-0.4, -0.2) is 22.0 Å². The molecule has 0 radical (unpaired) electrons. The third-order valence-electron chi connectivity index (χ3n) is 4.29. The molecule has 0 unspecified atom stereocenters. The molecule has 1 aromatic heterocycles. The van der Waals surface area contributed by atoms with Crippen molar-refractivity contribution >= 4 is 28.3 Å². The molecule has 2 N–H and O–H groups in total. The average Bonchev–Trinajstić information content (AvgIpc) is 3.04. The van der Waals surface area contributed by atoms with E-state index < -0.39 is 17.8 Å². The van der Waals surface area contributed by atoms with Crippen molar-refractivity contribution in [2.24, 2.45) is 11.8 Å². The molecule has 1 aliphatic carbocycles. The number of aromatic nitrogens is 1. The zero-order valence-corrected chi connectivity index (χ0v) is 13.7. The molecule has 1 heterocycles. The number of nitrogens with zero attached hydrogens (tertiary/aromatic N) is 1. The SMILES string of the molecule is O=C(Nc1nc(-c2ccc(F)cc2)cs1)[C@H]1CCCC[C@H]1C(=O)O. The number of halogens is 1. The Balaban J connectivity index is 1.70. The van der Waals surface area contributed by atoms with Gasteiger partial charge in [0.05, 0.1) is 17.5 Å². The van der Waals surface area contributed by atoms with Crippen LogP contribution in [0.15, 0.2) is 29.6 Å². The Bertz CT molecular complexity index is 745. The third kappa shape index (κ3) is 3.62. The second kappa shape index (κ2) is 7.09. The van der Waals surface area contributed by atoms with Crippen LogP contribution in [-0.2, 0) is 9.59 Å². The number of carboxylic acids is 1. The van der Waals surface area contributed by atoms with Gasteiger partial charge in [-0.3, -0.25) is 9.59 Å². The molecule has 1 amide bonds. The Labute approximate surface area is 142 Å². The molecule has 24 heavy (non-hydrogen) atoms. The van der Waals surface area contributed by atoms with Gasteiger partial charge in [-0.2, -0.15) is 0 Å². The summed E-state index contributed by atoms with van der Waals surface area (Å²) in [4.78, 5) is 28.1. The molecule has 1 saturated carbocycles. The van der Waals surface area contributed by atoms with Crippen molar-refractivity contribution in [3.05, 3.63) is 35.5 Å². The number of hydrogen-bond donors (Lipinski definition) is 2. The van der Waals surface area contributed by atoms with Crippen LogP contribution in [0, 0.1) is 17.7 Å². The topological polar surface area (TPSA) is 79.3 Å². The largest absolute Gasteiger partial charge is 0.481 e. The van der Waals surface area contributed by atoms with Crippen LogP contribution < -0.4 is 5.32 Å². The lowest BCUT2D eigenvalue weighted by atomic mass is 9.79. The number of rotatable bonds is 4. The zero-order valence-electron chi connectivity index (χ0n) is 12.9. The van der Waals surface area contributed by atoms with E-state index in [1.165, 1.54) is 23.5 Å². The summed E-state index contributed by atoms with van der Waals surface area (Å²) in [5.41, 5.74) is 1.41. The fourth-order valence-corrected chi connectivity index (χ4v) is 3.75. The first-order valence-electron chi connectivity index (χ1n) is 7.80. The van der Waals surface area contributed by atoms with Crippen molar-refractivity contribution in [3.8, 4) is 11.3 Å². The number of hydrogen-bond acceptors (Lipinski definition) is 4. The second-order valence-electron chi connectivity index (χ2n) is 5.87. The van der Waals surface area contributed by atoms with Crippen molar-refractivity contribution in [1.82, 2.24) is 4.98 Å². The van der Waals surface area contributed by atoms with Crippen LogP contribution in [0.4, 0.5) is 9.52 Å². The van der Waals surface area contributed by atoms with Crippen LogP contribution in [0.1, 0.15) is 25.7 Å². The van der Waals surface area contributed by atoms with Crippen molar-refractivity contribution < 1.29 is 19.1 Å². The summed E-state index contributed by atoms with van der Waals surface area (Å²) < 4.78 is 13.0. The van der Waals surface area contributed by atoms with E-state index in [0.29, 0.717) is 23.7 Å². The molecule has 3 rings (SSSR count). The van der Waals surface area contributed by atoms with E-state index in [9.17, 15) is 19.1 Å². The van der Waals surface area contributed by atoms with Gasteiger partial charge in [-0.25, -0.2) is 9.37 Å². The highest BCUT2D eigenvalue weighted by atomic mass is 32.1. The third-order valence-corrected chi connectivity index (χ3v) is 5.05. The van der Waals surface area contributed by atoms with Gasteiger partial charge in [-0.05, 0) is 37.1 Å². The summed E-state index contributed by atoms with van der Waals surface area (Å²) in [6, 6.07) is 5.95. The molecule has 2 atom stereocenters. The minimum atomic E-state index is -0.916. The summed E-state index contributed by atoms with van der Waals surface area (Å²) in [6.07, 6.45) is 2.82. The fraction of sp³-hybridized carbons (Fsp3) is 0.353. The molecular formula is C17H17FN2O3S. The number of thiazole rings is 1. The second-order valence-corrected chi connectivity index (χ2v) is 6.73. The predicted octanol–water partition coefficient (Wildman–Crippen LogP) is 3.78. The number of nitrogens with one attached hydrogen (secondary N) is 1. The monoisotopic (exact) mass is 348 g/mol. The first-order chi connectivity index (χ1) is 11.5. The van der Waals surface area contributed by atoms with Gasteiger partial charge >= 0.3 is 5.97 Å². The normalized spacial score (nSPS) is 20.5. The first kappa shape index (κ1) is 16.6. The van der Waals surface area contributed by atoms with Crippen LogP contribution in [0.5, 0.6) is 0 Å². The molecule has 1 aromatic carbocycles. The number of benzene rings is 1. The van der Waals surface area contributed by atoms with Gasteiger partial charge in [-0.1, -0.05) is 12.8 Å². The first-order valence-corrected chi connectivity index (χ1v) is 8.67. The lowest BCUT2D eigenvalue weighted by Gasteiger charge is -2.26. The van der Waals surface area contributed by atoms with E-state index in [-0.39, 0.29) is 11.7 Å². The molecule has 7 heteroatoms. The maximum atomic E-state index is 13.0. The van der Waals surface area contributed by atoms with Crippen LogP contribution in [0.25, 0.3) is 11.3 Å². The quantitative estimate of drug-likeness (QED) is 0.881. The van der Waals surface area contributed by atoms with Gasteiger partial charge < -0.3 is 10.4 Å². The number of carbonyl (C=O) groups is 2. The maximum Gasteiger partial charge on any atom is 0.307 e. The smallest absolute Gasteiger partial charge is 0.307 e. The minimum Gasteiger partial charge on any atom is -0.481 e. The van der Waals surface area contributed by atoms with Crippen LogP contribution >= 0.6 is 11.3 Å². The Morgan fingerprint density at radius 1 is 1.17 bits per heavy atom. The lowest BCUT2D eigenvalue weighted by molar-refractivity contribution is -0.147. The molecule has 2 aromatic rings. The number of amides is 1. The van der Waals surface area contributed by atoms with Crippen molar-refractivity contribution in [2.75, 3.05) is 5.32 Å². The molecule has 5 nitrogen and oxygen atoms in total. The van der Waals surface area contributed by atoms with E-state index in [1.54, 1.807) is 17.5 Å². The van der Waals surface area contributed by atoms with E-state index in [2.05, 4.69) is 10.3 Å². The molecule has 126 valence electrons. The van der Waals surface area contributed by atoms with E-state index in [1.807, 2.05) is 0 Å². The van der Waals surface area contributed by atoms with E-state index in [4.69, 9.17) is 0 Å². The molecule has 1 fully saturated rings. The van der Waals surface area contributed by atoms with Gasteiger partial charge in [0.15, 0.2) is 5.13 Å². The van der Waals surface area contributed by atoms with Crippen molar-refractivity contribution in [3.63, 3.8) is 0 Å². The Morgan fingerprint density at radius 2 is 1.83 bits per heavy atom. The number of anilines is 1. The van der Waals surface area contributed by atoms with Gasteiger partial charge in [-0.15, -0.1) is 11.3 Å². The van der Waals surface area contributed by atoms with E-state index in [0.717, 1.165) is 18.4 Å². The van der Waals surface area contributed by atoms with Crippen LogP contribution in [0.3, 0.4) is 0 Å². The van der Waals surface area contributed by atoms with E-state index >= 15 is 0 Å². The summed E-state index contributed by atoms with van der Waals surface area (Å²) in [6.45, 7) is 0. The highest BCUT2D eigenvalue weighted by Crippen LogP contribution is 2.32. The number of carbonyl (C=O) groups excluding carboxylic acids is 1. The van der Waals surface area contributed by atoms with Gasteiger partial charge in [0.2, 0.25) is 5.91 Å². The summed E-state index contributed by atoms with van der Waals surface area (Å²) in [7, 11) is 0. The highest BCUT2D eigenvalue weighted by Gasteiger charge is 2.35. The molecule has 0 spiro atoms. The molecule has 0 saturated heterocycles. The molecule has 0 bridgehead atoms. The van der Waals surface area contributed by atoms with Crippen molar-refractivity contribution in [1.29, 1.82) is 0 Å². The average molecular weight is 348 g/mol. The summed E-state index contributed by atoms with van der Waals surface area (Å²) >= 11 is 1.27. The van der Waals surface area contributed by atoms with Gasteiger partial charge in [0, 0.05) is 10.9 Å². The van der Waals surface area contributed by atoms with Crippen molar-refractivity contribution in [2.45, 2.75) is 25.7 Å². The summed E-state index contributed by atoms with van der Waals surface area (Å²) in [5.74, 6) is -2.67. The Morgan fingerprint density at radius 3 is 2.50 bits per heavy atom.